The molecule has 1 heterocycles. The molecule has 0 saturated carbocycles. The van der Waals surface area contributed by atoms with Crippen LogP contribution < -0.4 is 5.56 Å². The van der Waals surface area contributed by atoms with Gasteiger partial charge >= 0.3 is 0 Å². The summed E-state index contributed by atoms with van der Waals surface area (Å²) in [5.41, 5.74) is -1.57. The van der Waals surface area contributed by atoms with Crippen molar-refractivity contribution in [1.82, 2.24) is 4.98 Å². The van der Waals surface area contributed by atoms with Gasteiger partial charge in [-0.05, 0) is 6.07 Å². The standard InChI is InChI=1S/C8H6BrF2NO2/c9-2-5-1-4(3-13)6(7(10)11)8(14)12-5/h1,3,7H,2H2,(H,12,14). The van der Waals surface area contributed by atoms with Gasteiger partial charge in [0.05, 0.1) is 5.56 Å². The summed E-state index contributed by atoms with van der Waals surface area (Å²) in [6.07, 6.45) is -2.69. The van der Waals surface area contributed by atoms with E-state index in [9.17, 15) is 18.4 Å². The highest BCUT2D eigenvalue weighted by molar-refractivity contribution is 9.08. The minimum Gasteiger partial charge on any atom is -0.325 e. The smallest absolute Gasteiger partial charge is 0.269 e. The second-order valence-electron chi connectivity index (χ2n) is 2.54. The van der Waals surface area contributed by atoms with Crippen LogP contribution in [0.2, 0.25) is 0 Å². The number of aromatic amines is 1. The molecular formula is C8H6BrF2NO2. The first-order valence-electron chi connectivity index (χ1n) is 3.65. The first-order chi connectivity index (χ1) is 6.60. The molecule has 0 atom stereocenters. The Labute approximate surface area is 86.3 Å². The number of rotatable bonds is 3. The Morgan fingerprint density at radius 2 is 2.21 bits per heavy atom. The minimum atomic E-state index is -2.94. The average molecular weight is 266 g/mol. The molecule has 0 radical (unpaired) electrons. The third-order valence-electron chi connectivity index (χ3n) is 1.65. The van der Waals surface area contributed by atoms with Crippen LogP contribution in [0.4, 0.5) is 8.78 Å². The molecule has 0 spiro atoms. The lowest BCUT2D eigenvalue weighted by atomic mass is 10.1. The van der Waals surface area contributed by atoms with E-state index in [1.54, 1.807) is 0 Å². The normalized spacial score (nSPS) is 10.6. The van der Waals surface area contributed by atoms with Crippen LogP contribution in [-0.2, 0) is 5.33 Å². The van der Waals surface area contributed by atoms with E-state index in [-0.39, 0.29) is 11.8 Å². The number of halogens is 3. The number of hydrogen-bond donors (Lipinski definition) is 1. The Morgan fingerprint density at radius 3 is 2.64 bits per heavy atom. The summed E-state index contributed by atoms with van der Waals surface area (Å²) >= 11 is 3.04. The lowest BCUT2D eigenvalue weighted by Gasteiger charge is -2.03. The fraction of sp³-hybridized carbons (Fsp3) is 0.250. The molecule has 0 bridgehead atoms. The van der Waals surface area contributed by atoms with Crippen LogP contribution in [0.3, 0.4) is 0 Å². The molecule has 0 aromatic carbocycles. The summed E-state index contributed by atoms with van der Waals surface area (Å²) in [7, 11) is 0. The van der Waals surface area contributed by atoms with Gasteiger partial charge in [-0.25, -0.2) is 8.78 Å². The molecule has 14 heavy (non-hydrogen) atoms. The monoisotopic (exact) mass is 265 g/mol. The highest BCUT2D eigenvalue weighted by atomic mass is 79.9. The Kier molecular flexibility index (Phi) is 3.51. The predicted octanol–water partition coefficient (Wildman–Crippen LogP) is 2.02. The van der Waals surface area contributed by atoms with Crippen molar-refractivity contribution >= 4 is 22.2 Å². The first-order valence-corrected chi connectivity index (χ1v) is 4.77. The summed E-state index contributed by atoms with van der Waals surface area (Å²) in [5.74, 6) is 0. The van der Waals surface area contributed by atoms with E-state index in [0.717, 1.165) is 0 Å². The van der Waals surface area contributed by atoms with Crippen molar-refractivity contribution in [3.05, 3.63) is 33.2 Å². The molecule has 1 rings (SSSR count). The number of H-pyrrole nitrogens is 1. The largest absolute Gasteiger partial charge is 0.325 e. The molecule has 6 heteroatoms. The lowest BCUT2D eigenvalue weighted by molar-refractivity contribution is 0.110. The van der Waals surface area contributed by atoms with E-state index in [1.807, 2.05) is 0 Å². The molecule has 0 aliphatic carbocycles. The van der Waals surface area contributed by atoms with Gasteiger partial charge in [0, 0.05) is 16.6 Å². The van der Waals surface area contributed by atoms with E-state index in [0.29, 0.717) is 11.0 Å². The summed E-state index contributed by atoms with van der Waals surface area (Å²) in [5, 5.41) is 0.298. The number of pyridine rings is 1. The minimum absolute atomic E-state index is 0.253. The topological polar surface area (TPSA) is 49.9 Å². The Balaban J connectivity index is 3.42. The maximum atomic E-state index is 12.3. The maximum Gasteiger partial charge on any atom is 0.269 e. The summed E-state index contributed by atoms with van der Waals surface area (Å²) < 4.78 is 24.6. The second-order valence-corrected chi connectivity index (χ2v) is 3.11. The van der Waals surface area contributed by atoms with Crippen LogP contribution in [-0.4, -0.2) is 11.3 Å². The summed E-state index contributed by atoms with van der Waals surface area (Å²) in [4.78, 5) is 23.8. The van der Waals surface area contributed by atoms with Gasteiger partial charge in [-0.3, -0.25) is 9.59 Å². The van der Waals surface area contributed by atoms with Crippen molar-refractivity contribution in [1.29, 1.82) is 0 Å². The van der Waals surface area contributed by atoms with Crippen LogP contribution in [0.1, 0.15) is 28.0 Å². The molecule has 0 aliphatic heterocycles. The average Bonchev–Trinajstić information content (AvgIpc) is 2.15. The zero-order valence-electron chi connectivity index (χ0n) is 6.89. The van der Waals surface area contributed by atoms with E-state index >= 15 is 0 Å². The predicted molar refractivity (Wildman–Crippen MR) is 50.0 cm³/mol. The van der Waals surface area contributed by atoms with Crippen LogP contribution in [0, 0.1) is 0 Å². The molecule has 76 valence electrons. The molecular weight excluding hydrogens is 260 g/mol. The van der Waals surface area contributed by atoms with Crippen molar-refractivity contribution in [2.24, 2.45) is 0 Å². The number of carbonyl (C=O) groups excluding carboxylic acids is 1. The third-order valence-corrected chi connectivity index (χ3v) is 2.25. The van der Waals surface area contributed by atoms with Crippen LogP contribution >= 0.6 is 15.9 Å². The first kappa shape index (κ1) is 11.0. The van der Waals surface area contributed by atoms with Crippen molar-refractivity contribution < 1.29 is 13.6 Å². The van der Waals surface area contributed by atoms with E-state index in [1.165, 1.54) is 6.07 Å². The molecule has 0 aliphatic rings. The van der Waals surface area contributed by atoms with Gasteiger partial charge in [0.25, 0.3) is 12.0 Å². The number of carbonyl (C=O) groups is 1. The number of aldehydes is 1. The molecule has 0 amide bonds. The fourth-order valence-corrected chi connectivity index (χ4v) is 1.34. The van der Waals surface area contributed by atoms with E-state index in [4.69, 9.17) is 0 Å². The van der Waals surface area contributed by atoms with E-state index < -0.39 is 17.5 Å². The molecule has 0 fully saturated rings. The zero-order valence-corrected chi connectivity index (χ0v) is 8.48. The zero-order chi connectivity index (χ0) is 10.7. The van der Waals surface area contributed by atoms with Gasteiger partial charge in [-0.15, -0.1) is 0 Å². The SMILES string of the molecule is O=Cc1cc(CBr)[nH]c(=O)c1C(F)F. The molecule has 0 unspecified atom stereocenters. The van der Waals surface area contributed by atoms with Gasteiger partial charge in [0.1, 0.15) is 0 Å². The molecule has 1 aromatic heterocycles. The maximum absolute atomic E-state index is 12.3. The second kappa shape index (κ2) is 4.45. The fourth-order valence-electron chi connectivity index (χ4n) is 1.04. The lowest BCUT2D eigenvalue weighted by Crippen LogP contribution is -2.17. The Hall–Kier alpha value is -1.04. The highest BCUT2D eigenvalue weighted by Crippen LogP contribution is 2.18. The van der Waals surface area contributed by atoms with E-state index in [2.05, 4.69) is 20.9 Å². The Morgan fingerprint density at radius 1 is 1.57 bits per heavy atom. The molecule has 1 N–H and O–H groups in total. The number of aromatic nitrogens is 1. The van der Waals surface area contributed by atoms with Crippen LogP contribution in [0.25, 0.3) is 0 Å². The number of nitrogens with one attached hydrogen (secondary N) is 1. The number of alkyl halides is 3. The van der Waals surface area contributed by atoms with Gasteiger partial charge < -0.3 is 4.98 Å². The third kappa shape index (κ3) is 2.06. The quantitative estimate of drug-likeness (QED) is 0.672. The van der Waals surface area contributed by atoms with Crippen molar-refractivity contribution in [3.8, 4) is 0 Å². The van der Waals surface area contributed by atoms with Gasteiger partial charge in [-0.1, -0.05) is 15.9 Å². The van der Waals surface area contributed by atoms with Crippen molar-refractivity contribution in [3.63, 3.8) is 0 Å². The van der Waals surface area contributed by atoms with Gasteiger partial charge in [0.2, 0.25) is 0 Å². The summed E-state index contributed by atoms with van der Waals surface area (Å²) in [6, 6.07) is 1.23. The highest BCUT2D eigenvalue weighted by Gasteiger charge is 2.17. The summed E-state index contributed by atoms with van der Waals surface area (Å²) in [6.45, 7) is 0. The van der Waals surface area contributed by atoms with Gasteiger partial charge in [-0.2, -0.15) is 0 Å². The van der Waals surface area contributed by atoms with Crippen molar-refractivity contribution in [2.75, 3.05) is 0 Å². The van der Waals surface area contributed by atoms with Crippen LogP contribution in [0.5, 0.6) is 0 Å². The van der Waals surface area contributed by atoms with Crippen molar-refractivity contribution in [2.45, 2.75) is 11.8 Å². The van der Waals surface area contributed by atoms with Gasteiger partial charge in [0.15, 0.2) is 6.29 Å². The number of hydrogen-bond acceptors (Lipinski definition) is 2. The molecule has 0 saturated heterocycles. The molecule has 1 aromatic rings. The Bertz CT molecular complexity index is 403. The molecule has 3 nitrogen and oxygen atoms in total. The van der Waals surface area contributed by atoms with Crippen LogP contribution in [0.15, 0.2) is 10.9 Å².